The molecule has 0 aliphatic rings. The summed E-state index contributed by atoms with van der Waals surface area (Å²) in [6, 6.07) is 3.58. The summed E-state index contributed by atoms with van der Waals surface area (Å²) in [6.07, 6.45) is 0.249. The van der Waals surface area contributed by atoms with Crippen molar-refractivity contribution in [2.45, 2.75) is 32.7 Å². The number of hydrogen-bond donors (Lipinski definition) is 3. The summed E-state index contributed by atoms with van der Waals surface area (Å²) in [5.74, 6) is 0.00790. The van der Waals surface area contributed by atoms with Crippen LogP contribution in [-0.2, 0) is 4.79 Å². The van der Waals surface area contributed by atoms with E-state index >= 15 is 0 Å². The number of nitrogens with one attached hydrogen (secondary N) is 2. The van der Waals surface area contributed by atoms with Crippen LogP contribution in [0.5, 0.6) is 0 Å². The molecule has 1 aromatic rings. The van der Waals surface area contributed by atoms with E-state index in [0.29, 0.717) is 18.0 Å². The number of rotatable bonds is 7. The molecule has 0 aliphatic carbocycles. The Balaban J connectivity index is 0.00000400. The minimum absolute atomic E-state index is 0. The van der Waals surface area contributed by atoms with E-state index < -0.39 is 5.54 Å². The third kappa shape index (κ3) is 6.03. The predicted octanol–water partition coefficient (Wildman–Crippen LogP) is 1.78. The highest BCUT2D eigenvalue weighted by molar-refractivity contribution is 7.12. The smallest absolute Gasteiger partial charge is 0.261 e. The Morgan fingerprint density at radius 2 is 2.10 bits per heavy atom. The number of thiophene rings is 1. The predicted molar refractivity (Wildman–Crippen MR) is 89.0 cm³/mol. The molecule has 1 atom stereocenters. The first-order chi connectivity index (χ1) is 9.39. The second-order valence-electron chi connectivity index (χ2n) is 5.31. The van der Waals surface area contributed by atoms with E-state index in [1.807, 2.05) is 32.2 Å². The van der Waals surface area contributed by atoms with Gasteiger partial charge in [-0.15, -0.1) is 23.7 Å². The average molecular weight is 334 g/mol. The highest BCUT2D eigenvalue weighted by Crippen LogP contribution is 2.14. The van der Waals surface area contributed by atoms with Crippen molar-refractivity contribution in [3.05, 3.63) is 22.4 Å². The zero-order valence-corrected chi connectivity index (χ0v) is 14.3. The van der Waals surface area contributed by atoms with Gasteiger partial charge in [0.1, 0.15) is 0 Å². The van der Waals surface area contributed by atoms with Crippen molar-refractivity contribution < 1.29 is 9.59 Å². The molecule has 0 aliphatic heterocycles. The monoisotopic (exact) mass is 333 g/mol. The number of carbonyl (C=O) groups is 2. The molecule has 0 saturated carbocycles. The SMILES string of the molecule is CC(C)C(C)(CN)NC(=O)CCNC(=O)c1cccs1.Cl. The Kier molecular flexibility index (Phi) is 8.54. The average Bonchev–Trinajstić information content (AvgIpc) is 2.92. The first-order valence-corrected chi connectivity index (χ1v) is 7.60. The summed E-state index contributed by atoms with van der Waals surface area (Å²) < 4.78 is 0. The van der Waals surface area contributed by atoms with Crippen LogP contribution in [0.25, 0.3) is 0 Å². The molecule has 1 heterocycles. The summed E-state index contributed by atoms with van der Waals surface area (Å²) in [4.78, 5) is 24.2. The van der Waals surface area contributed by atoms with Gasteiger partial charge >= 0.3 is 0 Å². The lowest BCUT2D eigenvalue weighted by atomic mass is 9.88. The Morgan fingerprint density at radius 1 is 1.43 bits per heavy atom. The quantitative estimate of drug-likeness (QED) is 0.711. The fraction of sp³-hybridized carbons (Fsp3) is 0.571. The second-order valence-corrected chi connectivity index (χ2v) is 6.26. The third-order valence-corrected chi connectivity index (χ3v) is 4.37. The van der Waals surface area contributed by atoms with Crippen LogP contribution in [-0.4, -0.2) is 30.4 Å². The van der Waals surface area contributed by atoms with E-state index in [1.54, 1.807) is 6.07 Å². The van der Waals surface area contributed by atoms with Gasteiger partial charge in [0, 0.05) is 19.5 Å². The zero-order chi connectivity index (χ0) is 15.2. The van der Waals surface area contributed by atoms with E-state index in [1.165, 1.54) is 11.3 Å². The normalized spacial score (nSPS) is 13.2. The van der Waals surface area contributed by atoms with Crippen LogP contribution in [0.1, 0.15) is 36.9 Å². The topological polar surface area (TPSA) is 84.2 Å². The third-order valence-electron chi connectivity index (χ3n) is 3.51. The van der Waals surface area contributed by atoms with Crippen molar-refractivity contribution in [3.8, 4) is 0 Å². The zero-order valence-electron chi connectivity index (χ0n) is 12.6. The minimum Gasteiger partial charge on any atom is -0.351 e. The van der Waals surface area contributed by atoms with E-state index in [2.05, 4.69) is 10.6 Å². The van der Waals surface area contributed by atoms with Gasteiger partial charge in [0.15, 0.2) is 0 Å². The maximum absolute atomic E-state index is 11.9. The molecule has 0 saturated heterocycles. The lowest BCUT2D eigenvalue weighted by Crippen LogP contribution is -2.55. The summed E-state index contributed by atoms with van der Waals surface area (Å²) in [6.45, 7) is 6.68. The van der Waals surface area contributed by atoms with Crippen molar-refractivity contribution in [2.24, 2.45) is 11.7 Å². The lowest BCUT2D eigenvalue weighted by molar-refractivity contribution is -0.123. The Morgan fingerprint density at radius 3 is 2.57 bits per heavy atom. The maximum Gasteiger partial charge on any atom is 0.261 e. The number of carbonyl (C=O) groups excluding carboxylic acids is 2. The number of amides is 2. The molecule has 7 heteroatoms. The molecule has 1 rings (SSSR count). The van der Waals surface area contributed by atoms with E-state index in [-0.39, 0.29) is 36.6 Å². The van der Waals surface area contributed by atoms with Crippen molar-refractivity contribution in [3.63, 3.8) is 0 Å². The largest absolute Gasteiger partial charge is 0.351 e. The maximum atomic E-state index is 11.9. The molecule has 0 fully saturated rings. The standard InChI is InChI=1S/C14H23N3O2S.ClH/c1-10(2)14(3,9-15)17-12(18)6-7-16-13(19)11-5-4-8-20-11;/h4-5,8,10H,6-7,9,15H2,1-3H3,(H,16,19)(H,17,18);1H. The molecule has 1 aromatic heterocycles. The van der Waals surface area contributed by atoms with Gasteiger partial charge in [-0.3, -0.25) is 9.59 Å². The number of halogens is 1. The minimum atomic E-state index is -0.408. The molecular formula is C14H24ClN3O2S. The molecule has 0 spiro atoms. The molecule has 2 amide bonds. The molecule has 0 radical (unpaired) electrons. The van der Waals surface area contributed by atoms with Gasteiger partial charge in [0.05, 0.1) is 10.4 Å². The first kappa shape index (κ1) is 19.9. The molecule has 21 heavy (non-hydrogen) atoms. The van der Waals surface area contributed by atoms with E-state index in [4.69, 9.17) is 5.73 Å². The molecule has 4 N–H and O–H groups in total. The lowest BCUT2D eigenvalue weighted by Gasteiger charge is -2.33. The Bertz CT molecular complexity index is 451. The van der Waals surface area contributed by atoms with Crippen LogP contribution in [0.15, 0.2) is 17.5 Å². The van der Waals surface area contributed by atoms with Gasteiger partial charge in [-0.05, 0) is 24.3 Å². The second kappa shape index (κ2) is 9.02. The van der Waals surface area contributed by atoms with Gasteiger partial charge < -0.3 is 16.4 Å². The molecular weight excluding hydrogens is 310 g/mol. The van der Waals surface area contributed by atoms with Gasteiger partial charge in [-0.2, -0.15) is 0 Å². The van der Waals surface area contributed by atoms with Crippen LogP contribution in [0.4, 0.5) is 0 Å². The number of hydrogen-bond acceptors (Lipinski definition) is 4. The van der Waals surface area contributed by atoms with Gasteiger partial charge in [0.25, 0.3) is 5.91 Å². The van der Waals surface area contributed by atoms with Crippen LogP contribution < -0.4 is 16.4 Å². The van der Waals surface area contributed by atoms with Gasteiger partial charge in [-0.25, -0.2) is 0 Å². The highest BCUT2D eigenvalue weighted by Gasteiger charge is 2.28. The van der Waals surface area contributed by atoms with Crippen LogP contribution in [0.3, 0.4) is 0 Å². The fourth-order valence-corrected chi connectivity index (χ4v) is 2.24. The van der Waals surface area contributed by atoms with E-state index in [0.717, 1.165) is 0 Å². The van der Waals surface area contributed by atoms with Crippen LogP contribution in [0.2, 0.25) is 0 Å². The molecule has 0 aromatic carbocycles. The van der Waals surface area contributed by atoms with E-state index in [9.17, 15) is 9.59 Å². The van der Waals surface area contributed by atoms with Gasteiger partial charge in [0.2, 0.25) is 5.91 Å². The molecule has 1 unspecified atom stereocenters. The fourth-order valence-electron chi connectivity index (χ4n) is 1.60. The van der Waals surface area contributed by atoms with Crippen LogP contribution >= 0.6 is 23.7 Å². The summed E-state index contributed by atoms with van der Waals surface area (Å²) in [5.41, 5.74) is 5.31. The number of nitrogens with two attached hydrogens (primary N) is 1. The Labute approximate surface area is 136 Å². The van der Waals surface area contributed by atoms with Gasteiger partial charge in [-0.1, -0.05) is 19.9 Å². The van der Waals surface area contributed by atoms with Crippen molar-refractivity contribution in [2.75, 3.05) is 13.1 Å². The summed E-state index contributed by atoms with van der Waals surface area (Å²) >= 11 is 1.38. The van der Waals surface area contributed by atoms with Crippen molar-refractivity contribution >= 4 is 35.6 Å². The highest BCUT2D eigenvalue weighted by atomic mass is 35.5. The summed E-state index contributed by atoms with van der Waals surface area (Å²) in [5, 5.41) is 7.51. The molecule has 5 nitrogen and oxygen atoms in total. The van der Waals surface area contributed by atoms with Crippen LogP contribution in [0, 0.1) is 5.92 Å². The molecule has 120 valence electrons. The van der Waals surface area contributed by atoms with Crippen molar-refractivity contribution in [1.82, 2.24) is 10.6 Å². The first-order valence-electron chi connectivity index (χ1n) is 6.72. The summed E-state index contributed by atoms with van der Waals surface area (Å²) in [7, 11) is 0. The Hall–Kier alpha value is -1.11. The van der Waals surface area contributed by atoms with Crippen molar-refractivity contribution in [1.29, 1.82) is 0 Å². The molecule has 0 bridgehead atoms.